The van der Waals surface area contributed by atoms with Crippen LogP contribution in [0.15, 0.2) is 29.2 Å². The van der Waals surface area contributed by atoms with E-state index in [0.29, 0.717) is 6.42 Å². The quantitative estimate of drug-likeness (QED) is 0.511. The van der Waals surface area contributed by atoms with Gasteiger partial charge in [0, 0.05) is 0 Å². The minimum absolute atomic E-state index is 0.117. The van der Waals surface area contributed by atoms with Crippen LogP contribution in [0.1, 0.15) is 51.9 Å². The Labute approximate surface area is 128 Å². The second-order valence-electron chi connectivity index (χ2n) is 5.39. The molecule has 1 aromatic carbocycles. The summed E-state index contributed by atoms with van der Waals surface area (Å²) < 4.78 is 24.4. The summed E-state index contributed by atoms with van der Waals surface area (Å²) in [5, 5.41) is 18.2. The third kappa shape index (κ3) is 6.63. The maximum absolute atomic E-state index is 12.2. The van der Waals surface area contributed by atoms with E-state index < -0.39 is 17.0 Å². The highest BCUT2D eigenvalue weighted by molar-refractivity contribution is 7.91. The van der Waals surface area contributed by atoms with Gasteiger partial charge in [0.2, 0.25) is 0 Å². The van der Waals surface area contributed by atoms with Crippen molar-refractivity contribution in [2.24, 2.45) is 0 Å². The molecule has 4 nitrogen and oxygen atoms in total. The normalized spacial score (nSPS) is 11.6. The van der Waals surface area contributed by atoms with Gasteiger partial charge in [-0.2, -0.15) is 0 Å². The van der Waals surface area contributed by atoms with Gasteiger partial charge in [-0.3, -0.25) is 0 Å². The number of rotatable bonds is 10. The van der Waals surface area contributed by atoms with Gasteiger partial charge >= 0.3 is 7.12 Å². The fourth-order valence-electron chi connectivity index (χ4n) is 2.24. The van der Waals surface area contributed by atoms with Crippen LogP contribution >= 0.6 is 0 Å². The first-order chi connectivity index (χ1) is 9.97. The van der Waals surface area contributed by atoms with Crippen molar-refractivity contribution >= 4 is 22.4 Å². The van der Waals surface area contributed by atoms with Gasteiger partial charge in [-0.05, 0) is 24.0 Å². The number of unbranched alkanes of at least 4 members (excludes halogenated alkanes) is 6. The number of hydrogen-bond donors (Lipinski definition) is 2. The van der Waals surface area contributed by atoms with Crippen LogP contribution in [0, 0.1) is 0 Å². The molecular formula is C15H25BO4S. The van der Waals surface area contributed by atoms with Gasteiger partial charge in [0.05, 0.1) is 10.6 Å². The zero-order chi connectivity index (χ0) is 15.7. The lowest BCUT2D eigenvalue weighted by molar-refractivity contribution is 0.425. The Morgan fingerprint density at radius 3 is 2.24 bits per heavy atom. The molecule has 0 unspecified atom stereocenters. The molecule has 0 aliphatic heterocycles. The Morgan fingerprint density at radius 2 is 1.62 bits per heavy atom. The molecule has 0 heterocycles. The van der Waals surface area contributed by atoms with Gasteiger partial charge in [0.25, 0.3) is 0 Å². The van der Waals surface area contributed by atoms with Crippen molar-refractivity contribution in [1.82, 2.24) is 0 Å². The van der Waals surface area contributed by atoms with Gasteiger partial charge in [0.15, 0.2) is 9.84 Å². The van der Waals surface area contributed by atoms with Crippen LogP contribution in [0.3, 0.4) is 0 Å². The average molecular weight is 312 g/mol. The lowest BCUT2D eigenvalue weighted by Crippen LogP contribution is -2.30. The van der Waals surface area contributed by atoms with Crippen molar-refractivity contribution in [2.45, 2.75) is 56.8 Å². The van der Waals surface area contributed by atoms with E-state index in [1.165, 1.54) is 49.9 Å². The molecule has 0 radical (unpaired) electrons. The Kier molecular flexibility index (Phi) is 8.00. The highest BCUT2D eigenvalue weighted by atomic mass is 32.2. The molecule has 118 valence electrons. The van der Waals surface area contributed by atoms with Gasteiger partial charge < -0.3 is 10.0 Å². The maximum atomic E-state index is 12.2. The largest absolute Gasteiger partial charge is 0.488 e. The molecule has 0 atom stereocenters. The third-order valence-electron chi connectivity index (χ3n) is 3.53. The molecule has 0 spiro atoms. The molecule has 0 saturated carbocycles. The monoisotopic (exact) mass is 312 g/mol. The maximum Gasteiger partial charge on any atom is 0.488 e. The van der Waals surface area contributed by atoms with Crippen LogP contribution in [0.5, 0.6) is 0 Å². The molecule has 21 heavy (non-hydrogen) atoms. The molecule has 0 aliphatic carbocycles. The standard InChI is InChI=1S/C15H25BO4S/c1-2-3-4-5-6-7-8-12-21(19,20)15-11-9-10-14(13-15)16(17)18/h9-11,13,17-18H,2-8,12H2,1H3. The van der Waals surface area contributed by atoms with Crippen LogP contribution in [0.25, 0.3) is 0 Å². The van der Waals surface area contributed by atoms with Gasteiger partial charge in [-0.1, -0.05) is 57.6 Å². The van der Waals surface area contributed by atoms with E-state index in [0.717, 1.165) is 12.8 Å². The molecule has 0 aromatic heterocycles. The molecule has 6 heteroatoms. The van der Waals surface area contributed by atoms with E-state index in [2.05, 4.69) is 6.92 Å². The second kappa shape index (κ2) is 9.23. The van der Waals surface area contributed by atoms with Crippen LogP contribution in [0.2, 0.25) is 0 Å². The van der Waals surface area contributed by atoms with E-state index in [9.17, 15) is 8.42 Å². The summed E-state index contributed by atoms with van der Waals surface area (Å²) in [6.45, 7) is 2.17. The molecule has 0 saturated heterocycles. The minimum atomic E-state index is -3.34. The number of benzene rings is 1. The summed E-state index contributed by atoms with van der Waals surface area (Å²) in [7, 11) is -4.98. The summed E-state index contributed by atoms with van der Waals surface area (Å²) in [5.41, 5.74) is 0.204. The zero-order valence-electron chi connectivity index (χ0n) is 12.7. The predicted molar refractivity (Wildman–Crippen MR) is 86.3 cm³/mol. The van der Waals surface area contributed by atoms with Crippen LogP contribution in [-0.4, -0.2) is 31.3 Å². The zero-order valence-corrected chi connectivity index (χ0v) is 13.5. The Balaban J connectivity index is 2.45. The molecule has 0 bridgehead atoms. The third-order valence-corrected chi connectivity index (χ3v) is 5.33. The van der Waals surface area contributed by atoms with E-state index in [1.54, 1.807) is 0 Å². The first-order valence-corrected chi connectivity index (χ1v) is 9.31. The Morgan fingerprint density at radius 1 is 1.00 bits per heavy atom. The second-order valence-corrected chi connectivity index (χ2v) is 7.50. The number of hydrogen-bond acceptors (Lipinski definition) is 4. The van der Waals surface area contributed by atoms with Gasteiger partial charge in [-0.25, -0.2) is 8.42 Å². The molecule has 0 amide bonds. The van der Waals surface area contributed by atoms with E-state index in [1.807, 2.05) is 0 Å². The van der Waals surface area contributed by atoms with Crippen molar-refractivity contribution in [3.63, 3.8) is 0 Å². The van der Waals surface area contributed by atoms with Crippen molar-refractivity contribution in [3.05, 3.63) is 24.3 Å². The fraction of sp³-hybridized carbons (Fsp3) is 0.600. The predicted octanol–water partition coefficient (Wildman–Crippen LogP) is 1.89. The summed E-state index contributed by atoms with van der Waals surface area (Å²) in [4.78, 5) is 0.166. The SMILES string of the molecule is CCCCCCCCCS(=O)(=O)c1cccc(B(O)O)c1. The van der Waals surface area contributed by atoms with E-state index in [-0.39, 0.29) is 16.1 Å². The molecule has 0 aliphatic rings. The van der Waals surface area contributed by atoms with Gasteiger partial charge in [-0.15, -0.1) is 0 Å². The molecule has 1 aromatic rings. The van der Waals surface area contributed by atoms with Gasteiger partial charge in [0.1, 0.15) is 0 Å². The first kappa shape index (κ1) is 18.2. The van der Waals surface area contributed by atoms with Crippen molar-refractivity contribution in [3.8, 4) is 0 Å². The number of sulfone groups is 1. The average Bonchev–Trinajstić information content (AvgIpc) is 2.46. The lowest BCUT2D eigenvalue weighted by Gasteiger charge is -2.07. The Hall–Kier alpha value is -0.845. The lowest BCUT2D eigenvalue weighted by atomic mass is 9.80. The molecular weight excluding hydrogens is 287 g/mol. The van der Waals surface area contributed by atoms with Crippen molar-refractivity contribution in [1.29, 1.82) is 0 Å². The summed E-state index contributed by atoms with van der Waals surface area (Å²) in [6, 6.07) is 5.87. The van der Waals surface area contributed by atoms with E-state index >= 15 is 0 Å². The van der Waals surface area contributed by atoms with E-state index in [4.69, 9.17) is 10.0 Å². The molecule has 1 rings (SSSR count). The minimum Gasteiger partial charge on any atom is -0.423 e. The molecule has 0 fully saturated rings. The first-order valence-electron chi connectivity index (χ1n) is 7.66. The molecule has 2 N–H and O–H groups in total. The smallest absolute Gasteiger partial charge is 0.423 e. The van der Waals surface area contributed by atoms with Crippen LogP contribution < -0.4 is 5.46 Å². The highest BCUT2D eigenvalue weighted by Gasteiger charge is 2.17. The van der Waals surface area contributed by atoms with Crippen molar-refractivity contribution < 1.29 is 18.5 Å². The van der Waals surface area contributed by atoms with Crippen LogP contribution in [-0.2, 0) is 9.84 Å². The fourth-order valence-corrected chi connectivity index (χ4v) is 3.66. The van der Waals surface area contributed by atoms with Crippen LogP contribution in [0.4, 0.5) is 0 Å². The summed E-state index contributed by atoms with van der Waals surface area (Å²) >= 11 is 0. The summed E-state index contributed by atoms with van der Waals surface area (Å²) in [6.07, 6.45) is 7.49. The summed E-state index contributed by atoms with van der Waals surface area (Å²) in [5.74, 6) is 0.117. The Bertz CT molecular complexity index is 514. The highest BCUT2D eigenvalue weighted by Crippen LogP contribution is 2.13. The van der Waals surface area contributed by atoms with Crippen molar-refractivity contribution in [2.75, 3.05) is 5.75 Å². The topological polar surface area (TPSA) is 74.6 Å².